The Bertz CT molecular complexity index is 324. The van der Waals surface area contributed by atoms with Gasteiger partial charge in [0.15, 0.2) is 0 Å². The fraction of sp³-hybridized carbons (Fsp3) is 0.417. The van der Waals surface area contributed by atoms with E-state index in [-0.39, 0.29) is 0 Å². The minimum atomic E-state index is -0.635. The molecule has 0 aliphatic rings. The van der Waals surface area contributed by atoms with E-state index in [0.717, 1.165) is 35.8 Å². The van der Waals surface area contributed by atoms with E-state index in [2.05, 4.69) is 0 Å². The van der Waals surface area contributed by atoms with Crippen molar-refractivity contribution < 1.29 is 4.79 Å². The van der Waals surface area contributed by atoms with E-state index in [1.54, 1.807) is 0 Å². The van der Waals surface area contributed by atoms with Crippen molar-refractivity contribution >= 4 is 30.4 Å². The first kappa shape index (κ1) is 13.3. The van der Waals surface area contributed by atoms with Gasteiger partial charge >= 0.3 is 103 Å². The second-order valence-electron chi connectivity index (χ2n) is 3.77. The van der Waals surface area contributed by atoms with Crippen molar-refractivity contribution in [1.82, 2.24) is 0 Å². The first-order valence-electron chi connectivity index (χ1n) is 5.58. The van der Waals surface area contributed by atoms with E-state index in [1.165, 1.54) is 0 Å². The summed E-state index contributed by atoms with van der Waals surface area (Å²) >= 11 is -0.635. The van der Waals surface area contributed by atoms with Crippen LogP contribution in [-0.2, 0) is 4.79 Å². The molecule has 3 nitrogen and oxygen atoms in total. The first-order chi connectivity index (χ1) is 7.72. The minimum absolute atomic E-state index is 0.418. The number of nitrogens with two attached hydrogens (primary N) is 2. The molecule has 0 aromatic heterocycles. The first-order valence-corrected chi connectivity index (χ1v) is 7.67. The molecule has 88 valence electrons. The third-order valence-electron chi connectivity index (χ3n) is 2.30. The number of rotatable bonds is 7. The average molecular weight is 282 g/mol. The Morgan fingerprint density at radius 2 is 1.81 bits per heavy atom. The number of nitrogen functional groups attached to an aromatic ring is 1. The fourth-order valence-corrected chi connectivity index (χ4v) is 3.40. The Morgan fingerprint density at radius 1 is 1.12 bits per heavy atom. The summed E-state index contributed by atoms with van der Waals surface area (Å²) in [5, 5.41) is 0. The molecule has 0 spiro atoms. The maximum absolute atomic E-state index is 11.7. The van der Waals surface area contributed by atoms with Crippen molar-refractivity contribution in [3.63, 3.8) is 0 Å². The molecule has 0 aliphatic heterocycles. The van der Waals surface area contributed by atoms with Gasteiger partial charge in [0.1, 0.15) is 0 Å². The molecule has 1 aromatic carbocycles. The fourth-order valence-electron chi connectivity index (χ4n) is 1.40. The molecule has 0 saturated carbocycles. The summed E-state index contributed by atoms with van der Waals surface area (Å²) in [6.45, 7) is 0.725. The van der Waals surface area contributed by atoms with Gasteiger partial charge in [0.05, 0.1) is 0 Å². The van der Waals surface area contributed by atoms with E-state index in [1.807, 2.05) is 24.3 Å². The number of hydrogen-bond donors (Lipinski definition) is 2. The predicted octanol–water partition coefficient (Wildman–Crippen LogP) is 0.376. The molecule has 0 saturated heterocycles. The van der Waals surface area contributed by atoms with Crippen LogP contribution in [-0.4, -0.2) is 26.9 Å². The molecule has 4 heteroatoms. The average Bonchev–Trinajstić information content (AvgIpc) is 2.28. The topological polar surface area (TPSA) is 69.1 Å². The molecular weight excluding hydrogens is 263 g/mol. The van der Waals surface area contributed by atoms with Gasteiger partial charge in [0, 0.05) is 0 Å². The molecule has 0 radical (unpaired) electrons. The molecule has 0 heterocycles. The number of unbranched alkanes of at least 4 members (excludes halogenated alkanes) is 2. The van der Waals surface area contributed by atoms with Crippen LogP contribution in [0, 0.1) is 0 Å². The number of carbonyl (C=O) groups is 1. The Kier molecular flexibility index (Phi) is 6.20. The summed E-state index contributed by atoms with van der Waals surface area (Å²) in [7, 11) is 0. The summed E-state index contributed by atoms with van der Waals surface area (Å²) < 4.78 is 1.58. The molecule has 1 atom stereocenters. The molecule has 4 N–H and O–H groups in total. The summed E-state index contributed by atoms with van der Waals surface area (Å²) in [5.74, 6) is 0. The summed E-state index contributed by atoms with van der Waals surface area (Å²) in [4.78, 5) is 11.7. The van der Waals surface area contributed by atoms with Gasteiger partial charge < -0.3 is 0 Å². The van der Waals surface area contributed by atoms with Gasteiger partial charge in [-0.2, -0.15) is 0 Å². The van der Waals surface area contributed by atoms with E-state index < -0.39 is 15.8 Å². The second kappa shape index (κ2) is 7.48. The Balaban J connectivity index is 2.26. The number of hydrogen-bond acceptors (Lipinski definition) is 3. The van der Waals surface area contributed by atoms with Crippen LogP contribution in [0.2, 0.25) is 0 Å². The van der Waals surface area contributed by atoms with Crippen molar-refractivity contribution in [2.24, 2.45) is 5.73 Å². The van der Waals surface area contributed by atoms with Crippen molar-refractivity contribution in [3.05, 3.63) is 24.3 Å². The van der Waals surface area contributed by atoms with Crippen molar-refractivity contribution in [2.45, 2.75) is 25.7 Å². The van der Waals surface area contributed by atoms with E-state index in [4.69, 9.17) is 11.5 Å². The van der Waals surface area contributed by atoms with Gasteiger partial charge in [-0.25, -0.2) is 0 Å². The molecule has 1 rings (SSSR count). The Hall–Kier alpha value is -0.792. The summed E-state index contributed by atoms with van der Waals surface area (Å²) in [6, 6.07) is 7.65. The monoisotopic (exact) mass is 282 g/mol. The predicted molar refractivity (Wildman–Crippen MR) is 70.2 cm³/mol. The molecule has 0 fully saturated rings. The Morgan fingerprint density at radius 3 is 2.44 bits per heavy atom. The van der Waals surface area contributed by atoms with Gasteiger partial charge in [0.2, 0.25) is 0 Å². The maximum atomic E-state index is 11.7. The van der Waals surface area contributed by atoms with Gasteiger partial charge in [0.25, 0.3) is 0 Å². The molecule has 0 bridgehead atoms. The van der Waals surface area contributed by atoms with Crippen LogP contribution in [0.1, 0.15) is 25.7 Å². The summed E-state index contributed by atoms with van der Waals surface area (Å²) in [6.07, 6.45) is 3.78. The van der Waals surface area contributed by atoms with E-state index >= 15 is 0 Å². The normalized spacial score (nSPS) is 11.1. The number of anilines is 1. The third kappa shape index (κ3) is 5.34. The molecule has 0 amide bonds. The molecule has 0 aliphatic carbocycles. The van der Waals surface area contributed by atoms with Gasteiger partial charge in [-0.05, 0) is 0 Å². The van der Waals surface area contributed by atoms with Crippen LogP contribution in [0.15, 0.2) is 24.3 Å². The van der Waals surface area contributed by atoms with Gasteiger partial charge in [-0.1, -0.05) is 0 Å². The van der Waals surface area contributed by atoms with Crippen LogP contribution in [0.25, 0.3) is 0 Å². The molecule has 1 unspecified atom stereocenters. The zero-order valence-corrected chi connectivity index (χ0v) is 11.5. The van der Waals surface area contributed by atoms with E-state index in [9.17, 15) is 4.79 Å². The van der Waals surface area contributed by atoms with Crippen LogP contribution < -0.4 is 15.8 Å². The third-order valence-corrected chi connectivity index (χ3v) is 4.72. The second-order valence-corrected chi connectivity index (χ2v) is 6.68. The SMILES string of the molecule is NCCCCCC(=O)[AsH]c1ccc(N)cc1. The number of benzene rings is 1. The molecular formula is C12H19AsN2O. The zero-order valence-electron chi connectivity index (χ0n) is 9.41. The van der Waals surface area contributed by atoms with Gasteiger partial charge in [-0.15, -0.1) is 0 Å². The quantitative estimate of drug-likeness (QED) is 0.431. The van der Waals surface area contributed by atoms with Crippen molar-refractivity contribution in [2.75, 3.05) is 12.3 Å². The van der Waals surface area contributed by atoms with Crippen LogP contribution >= 0.6 is 0 Å². The number of carbonyl (C=O) groups excluding carboxylic acids is 1. The van der Waals surface area contributed by atoms with Gasteiger partial charge in [-0.3, -0.25) is 0 Å². The van der Waals surface area contributed by atoms with Crippen LogP contribution in [0.4, 0.5) is 5.69 Å². The zero-order chi connectivity index (χ0) is 11.8. The molecule has 1 aromatic rings. The van der Waals surface area contributed by atoms with Crippen molar-refractivity contribution in [3.8, 4) is 0 Å². The van der Waals surface area contributed by atoms with Crippen LogP contribution in [0.5, 0.6) is 0 Å². The van der Waals surface area contributed by atoms with Crippen molar-refractivity contribution in [1.29, 1.82) is 0 Å². The molecule has 16 heavy (non-hydrogen) atoms. The Labute approximate surface area is 103 Å². The van der Waals surface area contributed by atoms with Crippen LogP contribution in [0.3, 0.4) is 0 Å². The standard InChI is InChI=1S/C12H19AsN2O/c14-9-3-1-2-4-12(16)13-10-5-7-11(15)8-6-10/h5-8,13H,1-4,9,14-15H2. The summed E-state index contributed by atoms with van der Waals surface area (Å²) in [5.41, 5.74) is 11.7. The van der Waals surface area contributed by atoms with E-state index in [0.29, 0.717) is 11.0 Å².